The van der Waals surface area contributed by atoms with Crippen molar-refractivity contribution in [3.63, 3.8) is 0 Å². The smallest absolute Gasteiger partial charge is 0.343 e. The third-order valence-corrected chi connectivity index (χ3v) is 2.89. The predicted molar refractivity (Wildman–Crippen MR) is 80.5 cm³/mol. The quantitative estimate of drug-likeness (QED) is 0.854. The second-order valence-electron chi connectivity index (χ2n) is 4.44. The van der Waals surface area contributed by atoms with Crippen molar-refractivity contribution in [3.8, 4) is 11.6 Å². The van der Waals surface area contributed by atoms with Gasteiger partial charge in [-0.25, -0.2) is 9.78 Å². The van der Waals surface area contributed by atoms with Crippen LogP contribution in [-0.2, 0) is 11.2 Å². The van der Waals surface area contributed by atoms with Gasteiger partial charge in [0, 0.05) is 0 Å². The van der Waals surface area contributed by atoms with E-state index in [1.807, 2.05) is 24.3 Å². The van der Waals surface area contributed by atoms with Gasteiger partial charge in [-0.2, -0.15) is 0 Å². The van der Waals surface area contributed by atoms with Crippen molar-refractivity contribution in [1.29, 1.82) is 0 Å². The molecule has 0 spiro atoms. The first kappa shape index (κ1) is 14.8. The lowest BCUT2D eigenvalue weighted by Gasteiger charge is -2.10. The van der Waals surface area contributed by atoms with Crippen LogP contribution >= 0.6 is 0 Å². The number of rotatable bonds is 5. The second kappa shape index (κ2) is 6.74. The molecule has 0 aliphatic heterocycles. The monoisotopic (exact) mass is 286 g/mol. The van der Waals surface area contributed by atoms with Crippen LogP contribution in [0.5, 0.6) is 11.6 Å². The SMILES string of the molecule is CCOC(=O)c1cc(N)cnc1Oc1cccc(CC)c1. The molecule has 0 unspecified atom stereocenters. The molecule has 0 amide bonds. The average Bonchev–Trinajstić information content (AvgIpc) is 2.49. The van der Waals surface area contributed by atoms with Crippen LogP contribution in [0.3, 0.4) is 0 Å². The van der Waals surface area contributed by atoms with Crippen LogP contribution in [0.25, 0.3) is 0 Å². The zero-order valence-electron chi connectivity index (χ0n) is 12.1. The zero-order chi connectivity index (χ0) is 15.2. The molecule has 1 heterocycles. The van der Waals surface area contributed by atoms with E-state index in [-0.39, 0.29) is 18.1 Å². The zero-order valence-corrected chi connectivity index (χ0v) is 12.1. The molecule has 0 aliphatic rings. The lowest BCUT2D eigenvalue weighted by molar-refractivity contribution is 0.0523. The number of nitrogens with two attached hydrogens (primary N) is 1. The molecule has 21 heavy (non-hydrogen) atoms. The number of hydrogen-bond donors (Lipinski definition) is 1. The van der Waals surface area contributed by atoms with Crippen LogP contribution in [0.4, 0.5) is 5.69 Å². The molecule has 0 saturated carbocycles. The van der Waals surface area contributed by atoms with Gasteiger partial charge in [-0.15, -0.1) is 0 Å². The largest absolute Gasteiger partial charge is 0.462 e. The molecule has 0 fully saturated rings. The molecule has 2 rings (SSSR count). The predicted octanol–water partition coefficient (Wildman–Crippen LogP) is 3.20. The van der Waals surface area contributed by atoms with Gasteiger partial charge < -0.3 is 15.2 Å². The van der Waals surface area contributed by atoms with Gasteiger partial charge in [0.15, 0.2) is 0 Å². The van der Waals surface area contributed by atoms with Crippen molar-refractivity contribution in [2.75, 3.05) is 12.3 Å². The number of pyridine rings is 1. The number of hydrogen-bond acceptors (Lipinski definition) is 5. The Balaban J connectivity index is 2.32. The van der Waals surface area contributed by atoms with E-state index >= 15 is 0 Å². The fraction of sp³-hybridized carbons (Fsp3) is 0.250. The summed E-state index contributed by atoms with van der Waals surface area (Å²) in [5, 5.41) is 0. The Labute approximate surface area is 123 Å². The number of ether oxygens (including phenoxy) is 2. The fourth-order valence-corrected chi connectivity index (χ4v) is 1.85. The highest BCUT2D eigenvalue weighted by atomic mass is 16.5. The molecular weight excluding hydrogens is 268 g/mol. The third-order valence-electron chi connectivity index (χ3n) is 2.89. The van der Waals surface area contributed by atoms with Crippen molar-refractivity contribution < 1.29 is 14.3 Å². The van der Waals surface area contributed by atoms with Gasteiger partial charge >= 0.3 is 5.97 Å². The van der Waals surface area contributed by atoms with Crippen molar-refractivity contribution in [2.24, 2.45) is 0 Å². The van der Waals surface area contributed by atoms with E-state index in [1.54, 1.807) is 6.92 Å². The van der Waals surface area contributed by atoms with E-state index in [2.05, 4.69) is 11.9 Å². The minimum absolute atomic E-state index is 0.191. The summed E-state index contributed by atoms with van der Waals surface area (Å²) >= 11 is 0. The molecular formula is C16H18N2O3. The summed E-state index contributed by atoms with van der Waals surface area (Å²) in [7, 11) is 0. The molecule has 0 saturated heterocycles. The number of benzene rings is 1. The summed E-state index contributed by atoms with van der Waals surface area (Å²) in [4.78, 5) is 16.0. The van der Waals surface area contributed by atoms with E-state index in [4.69, 9.17) is 15.2 Å². The molecule has 110 valence electrons. The lowest BCUT2D eigenvalue weighted by Crippen LogP contribution is -2.08. The van der Waals surface area contributed by atoms with E-state index in [0.717, 1.165) is 12.0 Å². The van der Waals surface area contributed by atoms with Crippen molar-refractivity contribution >= 4 is 11.7 Å². The summed E-state index contributed by atoms with van der Waals surface area (Å²) in [6.45, 7) is 4.08. The van der Waals surface area contributed by atoms with Crippen LogP contribution in [0.15, 0.2) is 36.5 Å². The second-order valence-corrected chi connectivity index (χ2v) is 4.44. The first-order chi connectivity index (χ1) is 10.1. The highest BCUT2D eigenvalue weighted by Crippen LogP contribution is 2.26. The van der Waals surface area contributed by atoms with Crippen LogP contribution in [0.2, 0.25) is 0 Å². The molecule has 2 N–H and O–H groups in total. The number of nitrogen functional groups attached to an aromatic ring is 1. The number of carbonyl (C=O) groups is 1. The summed E-state index contributed by atoms with van der Waals surface area (Å²) in [5.41, 5.74) is 7.42. The molecule has 5 heteroatoms. The van der Waals surface area contributed by atoms with Gasteiger partial charge in [0.25, 0.3) is 0 Å². The standard InChI is InChI=1S/C16H18N2O3/c1-3-11-6-5-7-13(8-11)21-15-14(16(19)20-4-2)9-12(17)10-18-15/h5-10H,3-4,17H2,1-2H3. The van der Waals surface area contributed by atoms with Crippen molar-refractivity contribution in [3.05, 3.63) is 47.7 Å². The molecule has 0 atom stereocenters. The first-order valence-corrected chi connectivity index (χ1v) is 6.83. The van der Waals surface area contributed by atoms with Gasteiger partial charge in [-0.1, -0.05) is 19.1 Å². The minimum atomic E-state index is -0.501. The minimum Gasteiger partial charge on any atom is -0.462 e. The number of nitrogens with zero attached hydrogens (tertiary/aromatic N) is 1. The van der Waals surface area contributed by atoms with E-state index < -0.39 is 5.97 Å². The number of aryl methyl sites for hydroxylation is 1. The normalized spacial score (nSPS) is 10.2. The Morgan fingerprint density at radius 3 is 2.81 bits per heavy atom. The molecule has 0 radical (unpaired) electrons. The van der Waals surface area contributed by atoms with Crippen LogP contribution in [0, 0.1) is 0 Å². The van der Waals surface area contributed by atoms with Crippen LogP contribution in [0.1, 0.15) is 29.8 Å². The topological polar surface area (TPSA) is 74.4 Å². The summed E-state index contributed by atoms with van der Waals surface area (Å²) < 4.78 is 10.7. The Morgan fingerprint density at radius 1 is 1.29 bits per heavy atom. The molecule has 2 aromatic rings. The van der Waals surface area contributed by atoms with Gasteiger partial charge in [0.2, 0.25) is 5.88 Å². The fourth-order valence-electron chi connectivity index (χ4n) is 1.85. The Hall–Kier alpha value is -2.56. The molecule has 1 aromatic heterocycles. The van der Waals surface area contributed by atoms with Crippen molar-refractivity contribution in [1.82, 2.24) is 4.98 Å². The van der Waals surface area contributed by atoms with E-state index in [9.17, 15) is 4.79 Å². The van der Waals surface area contributed by atoms with E-state index in [1.165, 1.54) is 12.3 Å². The molecule has 0 bridgehead atoms. The maximum absolute atomic E-state index is 11.9. The maximum Gasteiger partial charge on any atom is 0.343 e. The summed E-state index contributed by atoms with van der Waals surface area (Å²) in [5.74, 6) is 0.312. The maximum atomic E-state index is 11.9. The number of carbonyl (C=O) groups excluding carboxylic acids is 1. The average molecular weight is 286 g/mol. The molecule has 1 aromatic carbocycles. The van der Waals surface area contributed by atoms with Crippen LogP contribution < -0.4 is 10.5 Å². The van der Waals surface area contributed by atoms with Crippen LogP contribution in [-0.4, -0.2) is 17.6 Å². The molecule has 5 nitrogen and oxygen atoms in total. The van der Waals surface area contributed by atoms with Gasteiger partial charge in [-0.05, 0) is 37.1 Å². The van der Waals surface area contributed by atoms with Gasteiger partial charge in [-0.3, -0.25) is 0 Å². The Kier molecular flexibility index (Phi) is 4.77. The van der Waals surface area contributed by atoms with Gasteiger partial charge in [0.1, 0.15) is 11.3 Å². The summed E-state index contributed by atoms with van der Waals surface area (Å²) in [6, 6.07) is 9.13. The van der Waals surface area contributed by atoms with E-state index in [0.29, 0.717) is 11.4 Å². The van der Waals surface area contributed by atoms with Crippen molar-refractivity contribution in [2.45, 2.75) is 20.3 Å². The highest BCUT2D eigenvalue weighted by molar-refractivity contribution is 5.92. The molecule has 0 aliphatic carbocycles. The first-order valence-electron chi connectivity index (χ1n) is 6.83. The number of esters is 1. The number of aromatic nitrogens is 1. The Morgan fingerprint density at radius 2 is 2.10 bits per heavy atom. The third kappa shape index (κ3) is 3.72. The van der Waals surface area contributed by atoms with Gasteiger partial charge in [0.05, 0.1) is 18.5 Å². The number of anilines is 1. The summed E-state index contributed by atoms with van der Waals surface area (Å²) in [6.07, 6.45) is 2.35. The Bertz CT molecular complexity index is 641. The lowest BCUT2D eigenvalue weighted by atomic mass is 10.2. The highest BCUT2D eigenvalue weighted by Gasteiger charge is 2.16.